The van der Waals surface area contributed by atoms with Crippen molar-refractivity contribution in [2.75, 3.05) is 41.0 Å². The lowest BCUT2D eigenvalue weighted by Gasteiger charge is -2.26. The normalized spacial score (nSPS) is 19.2. The highest BCUT2D eigenvalue weighted by molar-refractivity contribution is 5.99. The molecule has 0 aliphatic carbocycles. The predicted molar refractivity (Wildman–Crippen MR) is 155 cm³/mol. The number of methoxy groups -OCH3 is 2. The third-order valence-electron chi connectivity index (χ3n) is 6.93. The van der Waals surface area contributed by atoms with Gasteiger partial charge in [-0.3, -0.25) is 19.2 Å². The molecule has 42 heavy (non-hydrogen) atoms. The summed E-state index contributed by atoms with van der Waals surface area (Å²) in [6.45, 7) is 1.96. The van der Waals surface area contributed by atoms with E-state index in [9.17, 15) is 24.3 Å². The van der Waals surface area contributed by atoms with E-state index in [2.05, 4.69) is 16.0 Å². The lowest BCUT2D eigenvalue weighted by Crippen LogP contribution is -2.53. The molecule has 0 spiro atoms. The zero-order valence-electron chi connectivity index (χ0n) is 24.5. The maximum atomic E-state index is 13.2. The number of fused-ring (bicyclic) bond motifs is 1. The molecule has 0 radical (unpaired) electrons. The van der Waals surface area contributed by atoms with Crippen LogP contribution in [0.25, 0.3) is 0 Å². The van der Waals surface area contributed by atoms with Gasteiger partial charge in [0.05, 0.1) is 32.4 Å². The van der Waals surface area contributed by atoms with Gasteiger partial charge in [-0.1, -0.05) is 18.2 Å². The number of ether oxygens (including phenoxy) is 3. The van der Waals surface area contributed by atoms with Crippen LogP contribution in [-0.4, -0.2) is 92.8 Å². The standard InChI is InChI=1S/C30H40N4O8/c1-19(35)27-30(39)34(2)16-17-42-23-10-6-5-9-21(23)28(37)32-22(12-14-26(36)33-27)29(38)31-15-7-8-20-11-13-24(40-3)25(18-20)41-4/h5-6,9-11,13,18-19,22,27,35H,7-8,12,14-17H2,1-4H3,(H,31,38)(H,32,37)(H,33,36)/t19-,22+,27+/m1/s1. The van der Waals surface area contributed by atoms with E-state index in [1.54, 1.807) is 38.5 Å². The smallest absolute Gasteiger partial charge is 0.255 e. The number of hydrogen-bond donors (Lipinski definition) is 4. The zero-order valence-corrected chi connectivity index (χ0v) is 24.5. The van der Waals surface area contributed by atoms with Crippen LogP contribution in [0.1, 0.15) is 42.1 Å². The van der Waals surface area contributed by atoms with E-state index in [0.717, 1.165) is 5.56 Å². The van der Waals surface area contributed by atoms with Gasteiger partial charge in [0.2, 0.25) is 17.7 Å². The predicted octanol–water partition coefficient (Wildman–Crippen LogP) is 1.05. The number of aliphatic hydroxyl groups excluding tert-OH is 1. The first-order valence-corrected chi connectivity index (χ1v) is 13.9. The van der Waals surface area contributed by atoms with Crippen molar-refractivity contribution in [1.29, 1.82) is 0 Å². The van der Waals surface area contributed by atoms with Gasteiger partial charge in [-0.25, -0.2) is 0 Å². The molecule has 3 rings (SSSR count). The van der Waals surface area contributed by atoms with Crippen LogP contribution in [0, 0.1) is 0 Å². The third kappa shape index (κ3) is 8.84. The minimum atomic E-state index is -1.17. The molecular formula is C30H40N4O8. The third-order valence-corrected chi connectivity index (χ3v) is 6.93. The largest absolute Gasteiger partial charge is 0.493 e. The second kappa shape index (κ2) is 15.6. The zero-order chi connectivity index (χ0) is 30.6. The average molecular weight is 585 g/mol. The van der Waals surface area contributed by atoms with E-state index >= 15 is 0 Å². The monoisotopic (exact) mass is 584 g/mol. The molecule has 2 aromatic rings. The topological polar surface area (TPSA) is 156 Å². The first-order valence-electron chi connectivity index (χ1n) is 13.9. The molecule has 12 heteroatoms. The second-order valence-electron chi connectivity index (χ2n) is 10.0. The fourth-order valence-electron chi connectivity index (χ4n) is 4.50. The van der Waals surface area contributed by atoms with Crippen molar-refractivity contribution in [1.82, 2.24) is 20.9 Å². The Kier molecular flexibility index (Phi) is 12.0. The highest BCUT2D eigenvalue weighted by Crippen LogP contribution is 2.28. The number of likely N-dealkylation sites (N-methyl/N-ethyl adjacent to an activating group) is 1. The summed E-state index contributed by atoms with van der Waals surface area (Å²) in [4.78, 5) is 53.5. The van der Waals surface area contributed by atoms with Gasteiger partial charge in [0.25, 0.3) is 5.91 Å². The summed E-state index contributed by atoms with van der Waals surface area (Å²) >= 11 is 0. The molecule has 0 aromatic heterocycles. The van der Waals surface area contributed by atoms with Crippen molar-refractivity contribution in [2.45, 2.75) is 50.8 Å². The Labute approximate surface area is 245 Å². The average Bonchev–Trinajstić information content (AvgIpc) is 2.99. The first-order chi connectivity index (χ1) is 20.1. The van der Waals surface area contributed by atoms with Gasteiger partial charge in [-0.2, -0.15) is 0 Å². The Balaban J connectivity index is 1.72. The van der Waals surface area contributed by atoms with Gasteiger partial charge in [0.15, 0.2) is 11.5 Å². The maximum Gasteiger partial charge on any atom is 0.255 e. The highest BCUT2D eigenvalue weighted by Gasteiger charge is 2.30. The van der Waals surface area contributed by atoms with E-state index in [1.165, 1.54) is 18.9 Å². The molecule has 1 aliphatic rings. The number of para-hydroxylation sites is 1. The summed E-state index contributed by atoms with van der Waals surface area (Å²) in [5.74, 6) is -0.460. The number of aliphatic hydroxyl groups is 1. The van der Waals surface area contributed by atoms with Crippen molar-refractivity contribution in [3.8, 4) is 17.2 Å². The van der Waals surface area contributed by atoms with E-state index < -0.39 is 41.8 Å². The quantitative estimate of drug-likeness (QED) is 0.336. The summed E-state index contributed by atoms with van der Waals surface area (Å²) in [5.41, 5.74) is 1.23. The van der Waals surface area contributed by atoms with Crippen LogP contribution in [0.2, 0.25) is 0 Å². The number of nitrogens with one attached hydrogen (secondary N) is 3. The summed E-state index contributed by atoms with van der Waals surface area (Å²) in [5, 5.41) is 18.3. The molecule has 1 heterocycles. The number of rotatable bonds is 8. The van der Waals surface area contributed by atoms with Gasteiger partial charge in [0.1, 0.15) is 24.4 Å². The fraction of sp³-hybridized carbons (Fsp3) is 0.467. The van der Waals surface area contributed by atoms with Crippen LogP contribution in [0.4, 0.5) is 0 Å². The van der Waals surface area contributed by atoms with Gasteiger partial charge in [0, 0.05) is 20.0 Å². The molecule has 228 valence electrons. The minimum absolute atomic E-state index is 0.0291. The van der Waals surface area contributed by atoms with Crippen molar-refractivity contribution < 1.29 is 38.5 Å². The lowest BCUT2D eigenvalue weighted by molar-refractivity contribution is -0.138. The van der Waals surface area contributed by atoms with Crippen LogP contribution in [-0.2, 0) is 20.8 Å². The summed E-state index contributed by atoms with van der Waals surface area (Å²) in [6.07, 6.45) is -0.0644. The van der Waals surface area contributed by atoms with Crippen LogP contribution >= 0.6 is 0 Å². The first kappa shape index (κ1) is 32.2. The summed E-state index contributed by atoms with van der Waals surface area (Å²) < 4.78 is 16.4. The Morgan fingerprint density at radius 2 is 1.86 bits per heavy atom. The van der Waals surface area contributed by atoms with Crippen molar-refractivity contribution in [3.05, 3.63) is 53.6 Å². The molecule has 4 amide bonds. The van der Waals surface area contributed by atoms with Gasteiger partial charge in [-0.05, 0) is 56.0 Å². The second-order valence-corrected chi connectivity index (χ2v) is 10.0. The van der Waals surface area contributed by atoms with Crippen molar-refractivity contribution >= 4 is 23.6 Å². The number of benzene rings is 2. The Morgan fingerprint density at radius 3 is 2.57 bits per heavy atom. The molecule has 3 atom stereocenters. The number of carbonyl (C=O) groups excluding carboxylic acids is 4. The molecule has 0 bridgehead atoms. The fourth-order valence-corrected chi connectivity index (χ4v) is 4.50. The summed E-state index contributed by atoms with van der Waals surface area (Å²) in [6, 6.07) is 10.0. The summed E-state index contributed by atoms with van der Waals surface area (Å²) in [7, 11) is 4.67. The molecule has 1 aliphatic heterocycles. The number of carbonyl (C=O) groups is 4. The Bertz CT molecular complexity index is 1250. The number of hydrogen-bond acceptors (Lipinski definition) is 8. The van der Waals surface area contributed by atoms with Gasteiger partial charge < -0.3 is 40.2 Å². The van der Waals surface area contributed by atoms with E-state index in [1.807, 2.05) is 18.2 Å². The van der Waals surface area contributed by atoms with E-state index in [-0.39, 0.29) is 31.6 Å². The van der Waals surface area contributed by atoms with Crippen LogP contribution in [0.15, 0.2) is 42.5 Å². The molecular weight excluding hydrogens is 544 g/mol. The van der Waals surface area contributed by atoms with Crippen LogP contribution in [0.5, 0.6) is 17.2 Å². The van der Waals surface area contributed by atoms with Crippen molar-refractivity contribution in [2.24, 2.45) is 0 Å². The van der Waals surface area contributed by atoms with Crippen LogP contribution < -0.4 is 30.2 Å². The highest BCUT2D eigenvalue weighted by atomic mass is 16.5. The molecule has 4 N–H and O–H groups in total. The molecule has 12 nitrogen and oxygen atoms in total. The Hall–Kier alpha value is -4.32. The SMILES string of the molecule is COc1ccc(CCCNC(=O)[C@@H]2CCC(=O)N[C@@H]([C@@H](C)O)C(=O)N(C)CCOc3ccccc3C(=O)N2)cc1OC. The number of amides is 4. The lowest BCUT2D eigenvalue weighted by atomic mass is 10.1. The Morgan fingerprint density at radius 1 is 1.12 bits per heavy atom. The number of aryl methyl sites for hydroxylation is 1. The van der Waals surface area contributed by atoms with Gasteiger partial charge in [-0.15, -0.1) is 0 Å². The molecule has 0 saturated heterocycles. The molecule has 0 fully saturated rings. The molecule has 2 aromatic carbocycles. The maximum absolute atomic E-state index is 13.2. The molecule has 0 unspecified atom stereocenters. The van der Waals surface area contributed by atoms with Crippen molar-refractivity contribution in [3.63, 3.8) is 0 Å². The van der Waals surface area contributed by atoms with Gasteiger partial charge >= 0.3 is 0 Å². The van der Waals surface area contributed by atoms with Crippen LogP contribution in [0.3, 0.4) is 0 Å². The van der Waals surface area contributed by atoms with E-state index in [4.69, 9.17) is 14.2 Å². The number of nitrogens with zero attached hydrogens (tertiary/aromatic N) is 1. The minimum Gasteiger partial charge on any atom is -0.493 e. The molecule has 0 saturated carbocycles. The van der Waals surface area contributed by atoms with E-state index in [0.29, 0.717) is 36.6 Å².